The van der Waals surface area contributed by atoms with Crippen molar-refractivity contribution < 1.29 is 60.4 Å². The van der Waals surface area contributed by atoms with E-state index in [-0.39, 0.29) is 55.0 Å². The lowest BCUT2D eigenvalue weighted by Crippen LogP contribution is -2.52. The van der Waals surface area contributed by atoms with Crippen molar-refractivity contribution in [3.05, 3.63) is 79.9 Å². The summed E-state index contributed by atoms with van der Waals surface area (Å²) < 4.78 is 53.6. The maximum atomic E-state index is 13.0. The molecule has 19 nitrogen and oxygen atoms in total. The van der Waals surface area contributed by atoms with Gasteiger partial charge in [0.1, 0.15) is 31.8 Å². The molecule has 356 valence electrons. The van der Waals surface area contributed by atoms with E-state index < -0.39 is 70.3 Å². The van der Waals surface area contributed by atoms with Crippen LogP contribution in [0.25, 0.3) is 0 Å². The van der Waals surface area contributed by atoms with Gasteiger partial charge < -0.3 is 25.6 Å². The Labute approximate surface area is 375 Å². The smallest absolute Gasteiger partial charge is 0.328 e. The normalized spacial score (nSPS) is 15.4. The van der Waals surface area contributed by atoms with Gasteiger partial charge in [-0.1, -0.05) is 57.4 Å². The minimum absolute atomic E-state index is 0. The summed E-state index contributed by atoms with van der Waals surface area (Å²) in [5, 5.41) is 33.0. The number of carbonyl (C=O) groups excluding carboxylic acids is 3. The Morgan fingerprint density at radius 1 is 0.714 bits per heavy atom. The fourth-order valence-corrected chi connectivity index (χ4v) is 8.36. The second kappa shape index (κ2) is 26.8. The molecule has 0 aromatic heterocycles. The molecule has 4 N–H and O–H groups in total. The highest BCUT2D eigenvalue weighted by atomic mass is 35.5. The number of nitrogens with one attached hydrogen (secondary N) is 1. The average Bonchev–Trinajstić information content (AvgIpc) is 3.15. The first-order valence-electron chi connectivity index (χ1n) is 19.7. The summed E-state index contributed by atoms with van der Waals surface area (Å²) >= 11 is 0. The lowest BCUT2D eigenvalue weighted by atomic mass is 9.65. The summed E-state index contributed by atoms with van der Waals surface area (Å²) in [5.41, 5.74) is 5.80. The third-order valence-corrected chi connectivity index (χ3v) is 12.9. The van der Waals surface area contributed by atoms with E-state index in [1.807, 2.05) is 0 Å². The van der Waals surface area contributed by atoms with Gasteiger partial charge in [0.2, 0.25) is 5.91 Å². The highest BCUT2D eigenvalue weighted by Gasteiger charge is 2.45. The van der Waals surface area contributed by atoms with Gasteiger partial charge in [-0.15, -0.1) is 12.4 Å². The van der Waals surface area contributed by atoms with E-state index in [4.69, 9.17) is 15.6 Å². The van der Waals surface area contributed by atoms with Crippen molar-refractivity contribution in [2.45, 2.75) is 109 Å². The number of halogens is 1. The average molecular weight is 952 g/mol. The number of methoxy groups -OCH3 is 2. The Morgan fingerprint density at radius 2 is 1.10 bits per heavy atom. The summed E-state index contributed by atoms with van der Waals surface area (Å²) in [6.07, 6.45) is 11.2. The first-order chi connectivity index (χ1) is 28.5. The Hall–Kier alpha value is -4.73. The number of amides is 1. The van der Waals surface area contributed by atoms with Crippen molar-refractivity contribution in [3.8, 4) is 0 Å². The monoisotopic (exact) mass is 950 g/mol. The molecule has 0 spiro atoms. The van der Waals surface area contributed by atoms with Crippen molar-refractivity contribution in [2.75, 3.05) is 38.2 Å². The molecule has 0 heterocycles. The zero-order valence-corrected chi connectivity index (χ0v) is 37.9. The maximum Gasteiger partial charge on any atom is 0.328 e. The molecule has 63 heavy (non-hydrogen) atoms. The fourth-order valence-electron chi connectivity index (χ4n) is 6.90. The third-order valence-electron chi connectivity index (χ3n) is 10.9. The minimum Gasteiger partial charge on any atom is -0.481 e. The predicted molar refractivity (Wildman–Crippen MR) is 239 cm³/mol. The van der Waals surface area contributed by atoms with Crippen LogP contribution in [0.4, 0.5) is 11.4 Å². The van der Waals surface area contributed by atoms with Gasteiger partial charge in [-0.05, 0) is 68.9 Å². The van der Waals surface area contributed by atoms with Crippen LogP contribution in [0.2, 0.25) is 0 Å². The van der Waals surface area contributed by atoms with Crippen molar-refractivity contribution >= 4 is 67.3 Å². The molecule has 2 aromatic rings. The molecular weight excluding hydrogens is 888 g/mol. The number of non-ortho nitro benzene ring substituents is 2. The number of nitrogens with zero attached hydrogens (tertiary/aromatic N) is 2. The van der Waals surface area contributed by atoms with E-state index in [2.05, 4.69) is 10.1 Å². The van der Waals surface area contributed by atoms with Crippen LogP contribution in [0, 0.1) is 31.1 Å². The van der Waals surface area contributed by atoms with Gasteiger partial charge in [-0.3, -0.25) is 34.6 Å². The molecule has 0 aliphatic heterocycles. The zero-order valence-electron chi connectivity index (χ0n) is 35.4. The Balaban J connectivity index is 0.000000987. The Morgan fingerprint density at radius 3 is 1.41 bits per heavy atom. The molecule has 2 aliphatic carbocycles. The van der Waals surface area contributed by atoms with Crippen LogP contribution in [0.15, 0.2) is 48.5 Å². The Bertz CT molecular complexity index is 2040. The number of nitro benzene ring substituents is 2. The van der Waals surface area contributed by atoms with Gasteiger partial charge in [0.05, 0.1) is 29.5 Å². The molecule has 0 saturated heterocycles. The molecule has 22 heteroatoms. The highest BCUT2D eigenvalue weighted by Crippen LogP contribution is 2.46. The van der Waals surface area contributed by atoms with Gasteiger partial charge in [-0.2, -0.15) is 0 Å². The van der Waals surface area contributed by atoms with Crippen molar-refractivity contribution in [2.24, 2.45) is 16.6 Å². The van der Waals surface area contributed by atoms with Crippen LogP contribution < -0.4 is 11.1 Å². The fraction of sp³-hybridized carbons (Fsp3) is 0.610. The predicted octanol–water partition coefficient (Wildman–Crippen LogP) is 5.33. The first-order valence-corrected chi connectivity index (χ1v) is 23.9. The molecule has 4 rings (SSSR count). The van der Waals surface area contributed by atoms with Crippen LogP contribution >= 0.6 is 12.4 Å². The molecule has 1 amide bonds. The van der Waals surface area contributed by atoms with Gasteiger partial charge in [0, 0.05) is 60.1 Å². The number of carboxylic acids is 1. The molecule has 0 bridgehead atoms. The van der Waals surface area contributed by atoms with Crippen LogP contribution in [0.3, 0.4) is 0 Å². The van der Waals surface area contributed by atoms with Crippen LogP contribution in [0.1, 0.15) is 95.6 Å². The quantitative estimate of drug-likeness (QED) is 0.0616. The maximum absolute atomic E-state index is 13.0. The summed E-state index contributed by atoms with van der Waals surface area (Å²) in [6.45, 7) is 0. The number of hydrogen-bond acceptors (Lipinski definition) is 15. The van der Waals surface area contributed by atoms with Crippen LogP contribution in [0.5, 0.6) is 0 Å². The number of ether oxygens (including phenoxy) is 2. The number of carbonyl (C=O) groups is 4. The van der Waals surface area contributed by atoms with E-state index in [1.54, 1.807) is 24.3 Å². The number of nitrogens with two attached hydrogens (primary N) is 1. The number of hydrogen-bond donors (Lipinski definition) is 3. The molecule has 2 aliphatic rings. The number of nitro groups is 2. The van der Waals surface area contributed by atoms with Gasteiger partial charge >= 0.3 is 17.9 Å². The van der Waals surface area contributed by atoms with E-state index >= 15 is 0 Å². The number of carboxylic acid groups (broad SMARTS) is 1. The van der Waals surface area contributed by atoms with E-state index in [0.29, 0.717) is 63.4 Å². The molecule has 2 saturated carbocycles. The van der Waals surface area contributed by atoms with E-state index in [9.17, 15) is 56.2 Å². The molecule has 2 fully saturated rings. The lowest BCUT2D eigenvalue weighted by molar-refractivity contribution is -0.385. The second-order valence-electron chi connectivity index (χ2n) is 15.7. The van der Waals surface area contributed by atoms with Crippen LogP contribution in [-0.4, -0.2) is 106 Å². The summed E-state index contributed by atoms with van der Waals surface area (Å²) in [6, 6.07) is 10.0. The minimum atomic E-state index is -3.03. The summed E-state index contributed by atoms with van der Waals surface area (Å²) in [4.78, 5) is 67.4. The highest BCUT2D eigenvalue weighted by molar-refractivity contribution is 7.90. The topological polar surface area (TPSA) is 300 Å². The van der Waals surface area contributed by atoms with Crippen molar-refractivity contribution in [3.63, 3.8) is 0 Å². The van der Waals surface area contributed by atoms with Crippen molar-refractivity contribution in [1.29, 1.82) is 0 Å². The zero-order chi connectivity index (χ0) is 46.0. The van der Waals surface area contributed by atoms with Crippen molar-refractivity contribution in [1.82, 2.24) is 5.32 Å². The summed E-state index contributed by atoms with van der Waals surface area (Å²) in [5.74, 6) is -1.77. The SMILES string of the molecule is C.COC(=O)C(N)Cc1ccc([N+](=O)[O-])cc1.COC(=O)[C@H](Cc1ccc([N+](=O)[O-])cc1)NC(=O)C1(CCCCS(C)(=O)=O)CCC1.CS(=O)(=O)CCCCC1(C(=O)O)CCC1.Cl. The molecular formula is C41H63ClN4O15S2. The number of aliphatic carboxylic acids is 1. The number of unbranched alkanes of at least 4 members (excludes halogenated alkanes) is 2. The van der Waals surface area contributed by atoms with Crippen LogP contribution in [-0.2, 0) is 61.2 Å². The first kappa shape index (κ1) is 58.3. The standard InChI is InChI=1S/C20H28N2O7S.C10H12N2O4.C10H18O4S.CH4.ClH/c1-29-18(23)17(14-15-6-8-16(9-7-15)22(25)26)21-19(24)20(11-5-12-20)10-3-4-13-30(2,27)28;1-16-10(13)9(11)6-7-2-4-8(5-3-7)12(14)15;1-15(13,14)8-3-2-5-10(9(11)12)6-4-7-10;;/h6-9,17H,3-5,10-14H2,1-2H3,(H,21,24);2-5,9H,6,11H2,1H3;2-8H2,1H3,(H,11,12);1H4;1H/t17-;;;;/m0..../s1. The number of sulfone groups is 2. The molecule has 0 radical (unpaired) electrons. The lowest BCUT2D eigenvalue weighted by Gasteiger charge is -2.41. The number of esters is 2. The van der Waals surface area contributed by atoms with Gasteiger partial charge in [0.15, 0.2) is 0 Å². The number of benzene rings is 2. The summed E-state index contributed by atoms with van der Waals surface area (Å²) in [7, 11) is -3.43. The molecule has 2 aromatic carbocycles. The van der Waals surface area contributed by atoms with Gasteiger partial charge in [0.25, 0.3) is 11.4 Å². The largest absolute Gasteiger partial charge is 0.481 e. The third kappa shape index (κ3) is 20.1. The van der Waals surface area contributed by atoms with E-state index in [1.165, 1.54) is 51.0 Å². The van der Waals surface area contributed by atoms with Gasteiger partial charge in [-0.25, -0.2) is 21.6 Å². The van der Waals surface area contributed by atoms with E-state index in [0.717, 1.165) is 31.2 Å². The Kier molecular flexibility index (Phi) is 24.8. The molecule has 1 unspecified atom stereocenters. The second-order valence-corrected chi connectivity index (χ2v) is 20.2. The molecule has 2 atom stereocenters. The number of rotatable bonds is 21.